The lowest BCUT2D eigenvalue weighted by Crippen LogP contribution is -1.92. The van der Waals surface area contributed by atoms with E-state index in [0.717, 1.165) is 17.0 Å². The van der Waals surface area contributed by atoms with E-state index < -0.39 is 0 Å². The normalized spacial score (nSPS) is 11.6. The van der Waals surface area contributed by atoms with Crippen LogP contribution in [0.4, 0.5) is 10.1 Å². The lowest BCUT2D eigenvalue weighted by molar-refractivity contribution is 0.628. The van der Waals surface area contributed by atoms with Crippen molar-refractivity contribution < 1.29 is 4.39 Å². The third-order valence-corrected chi connectivity index (χ3v) is 2.64. The van der Waals surface area contributed by atoms with E-state index in [2.05, 4.69) is 4.99 Å². The first-order chi connectivity index (χ1) is 8.15. The van der Waals surface area contributed by atoms with Gasteiger partial charge in [0.25, 0.3) is 0 Å². The Morgan fingerprint density at radius 1 is 1.00 bits per heavy atom. The van der Waals surface area contributed by atoms with E-state index in [1.165, 1.54) is 12.1 Å². The van der Waals surface area contributed by atoms with E-state index in [1.807, 2.05) is 31.2 Å². The van der Waals surface area contributed by atoms with Crippen molar-refractivity contribution in [1.29, 1.82) is 0 Å². The summed E-state index contributed by atoms with van der Waals surface area (Å²) in [7, 11) is 0. The maximum absolute atomic E-state index is 12.7. The van der Waals surface area contributed by atoms with Gasteiger partial charge in [-0.25, -0.2) is 4.39 Å². The van der Waals surface area contributed by atoms with E-state index in [4.69, 9.17) is 11.6 Å². The van der Waals surface area contributed by atoms with Gasteiger partial charge in [0.2, 0.25) is 0 Å². The lowest BCUT2D eigenvalue weighted by atomic mass is 10.1. The molecule has 0 bridgehead atoms. The van der Waals surface area contributed by atoms with Gasteiger partial charge in [0.15, 0.2) is 0 Å². The number of hydrogen-bond donors (Lipinski definition) is 0. The molecule has 0 aliphatic rings. The van der Waals surface area contributed by atoms with Crippen LogP contribution in [0.15, 0.2) is 53.5 Å². The number of hydrogen-bond acceptors (Lipinski definition) is 1. The SMILES string of the molecule is CC(=Nc1ccc(F)cc1)c1ccc(Cl)cc1. The third kappa shape index (κ3) is 3.14. The van der Waals surface area contributed by atoms with Gasteiger partial charge in [-0.15, -0.1) is 0 Å². The second kappa shape index (κ2) is 5.11. The van der Waals surface area contributed by atoms with Gasteiger partial charge in [0, 0.05) is 10.7 Å². The number of rotatable bonds is 2. The van der Waals surface area contributed by atoms with Crippen molar-refractivity contribution in [3.63, 3.8) is 0 Å². The number of nitrogens with zero attached hydrogens (tertiary/aromatic N) is 1. The van der Waals surface area contributed by atoms with Crippen LogP contribution in [0.1, 0.15) is 12.5 Å². The second-order valence-corrected chi connectivity index (χ2v) is 4.12. The molecule has 0 amide bonds. The number of benzene rings is 2. The van der Waals surface area contributed by atoms with E-state index in [-0.39, 0.29) is 5.82 Å². The molecule has 2 rings (SSSR count). The summed E-state index contributed by atoms with van der Waals surface area (Å²) in [6.45, 7) is 1.91. The van der Waals surface area contributed by atoms with Crippen LogP contribution in [-0.4, -0.2) is 5.71 Å². The standard InChI is InChI=1S/C14H11ClFN/c1-10(11-2-4-12(15)5-3-11)17-14-8-6-13(16)7-9-14/h2-9H,1H3. The molecule has 0 saturated carbocycles. The Morgan fingerprint density at radius 2 is 1.59 bits per heavy atom. The van der Waals surface area contributed by atoms with Gasteiger partial charge in [-0.3, -0.25) is 4.99 Å². The molecular formula is C14H11ClFN. The fourth-order valence-corrected chi connectivity index (χ4v) is 1.59. The van der Waals surface area contributed by atoms with Gasteiger partial charge >= 0.3 is 0 Å². The topological polar surface area (TPSA) is 12.4 Å². The number of halogens is 2. The monoisotopic (exact) mass is 247 g/mol. The molecule has 86 valence electrons. The largest absolute Gasteiger partial charge is 0.253 e. The van der Waals surface area contributed by atoms with Crippen molar-refractivity contribution in [1.82, 2.24) is 0 Å². The van der Waals surface area contributed by atoms with Crippen LogP contribution < -0.4 is 0 Å². The average molecular weight is 248 g/mol. The quantitative estimate of drug-likeness (QED) is 0.687. The van der Waals surface area contributed by atoms with Crippen molar-refractivity contribution in [3.05, 3.63) is 64.9 Å². The highest BCUT2D eigenvalue weighted by molar-refractivity contribution is 6.30. The summed E-state index contributed by atoms with van der Waals surface area (Å²) in [4.78, 5) is 4.41. The third-order valence-electron chi connectivity index (χ3n) is 2.39. The first-order valence-corrected chi connectivity index (χ1v) is 5.60. The summed E-state index contributed by atoms with van der Waals surface area (Å²) in [6, 6.07) is 13.5. The van der Waals surface area contributed by atoms with Crippen molar-refractivity contribution in [2.45, 2.75) is 6.92 Å². The first-order valence-electron chi connectivity index (χ1n) is 5.22. The van der Waals surface area contributed by atoms with Gasteiger partial charge in [0.05, 0.1) is 5.69 Å². The molecule has 17 heavy (non-hydrogen) atoms. The van der Waals surface area contributed by atoms with Crippen molar-refractivity contribution in [2.75, 3.05) is 0 Å². The minimum Gasteiger partial charge on any atom is -0.253 e. The summed E-state index contributed by atoms with van der Waals surface area (Å²) in [5.41, 5.74) is 2.60. The highest BCUT2D eigenvalue weighted by Crippen LogP contribution is 2.16. The minimum absolute atomic E-state index is 0.256. The highest BCUT2D eigenvalue weighted by atomic mass is 35.5. The van der Waals surface area contributed by atoms with Crippen LogP contribution in [0.2, 0.25) is 5.02 Å². The Labute approximate surface area is 105 Å². The second-order valence-electron chi connectivity index (χ2n) is 3.68. The first kappa shape index (κ1) is 11.8. The zero-order valence-electron chi connectivity index (χ0n) is 9.32. The van der Waals surface area contributed by atoms with Crippen molar-refractivity contribution in [2.24, 2.45) is 4.99 Å². The van der Waals surface area contributed by atoms with E-state index in [0.29, 0.717) is 5.02 Å². The summed E-state index contributed by atoms with van der Waals surface area (Å²) < 4.78 is 12.7. The molecule has 0 heterocycles. The molecule has 3 heteroatoms. The van der Waals surface area contributed by atoms with Crippen LogP contribution in [0, 0.1) is 5.82 Å². The molecule has 0 unspecified atom stereocenters. The molecule has 0 atom stereocenters. The van der Waals surface area contributed by atoms with E-state index in [9.17, 15) is 4.39 Å². The van der Waals surface area contributed by atoms with Crippen molar-refractivity contribution in [3.8, 4) is 0 Å². The maximum atomic E-state index is 12.7. The molecule has 0 fully saturated rings. The van der Waals surface area contributed by atoms with Gasteiger partial charge in [-0.2, -0.15) is 0 Å². The fourth-order valence-electron chi connectivity index (χ4n) is 1.46. The Kier molecular flexibility index (Phi) is 3.55. The Bertz CT molecular complexity index is 529. The highest BCUT2D eigenvalue weighted by Gasteiger charge is 1.98. The Balaban J connectivity index is 2.27. The molecule has 2 aromatic carbocycles. The van der Waals surface area contributed by atoms with Crippen LogP contribution in [-0.2, 0) is 0 Å². The van der Waals surface area contributed by atoms with Gasteiger partial charge < -0.3 is 0 Å². The van der Waals surface area contributed by atoms with E-state index in [1.54, 1.807) is 12.1 Å². The average Bonchev–Trinajstić information content (AvgIpc) is 2.33. The molecule has 0 aromatic heterocycles. The Morgan fingerprint density at radius 3 is 2.18 bits per heavy atom. The Hall–Kier alpha value is -1.67. The maximum Gasteiger partial charge on any atom is 0.123 e. The van der Waals surface area contributed by atoms with Gasteiger partial charge in [0.1, 0.15) is 5.82 Å². The zero-order chi connectivity index (χ0) is 12.3. The van der Waals surface area contributed by atoms with Crippen molar-refractivity contribution >= 4 is 23.0 Å². The molecule has 0 aliphatic carbocycles. The molecule has 0 aliphatic heterocycles. The molecule has 2 aromatic rings. The predicted molar refractivity (Wildman–Crippen MR) is 69.7 cm³/mol. The molecule has 0 spiro atoms. The molecule has 0 radical (unpaired) electrons. The number of aliphatic imine (C=N–C) groups is 1. The molecule has 0 N–H and O–H groups in total. The smallest absolute Gasteiger partial charge is 0.123 e. The van der Waals surface area contributed by atoms with Gasteiger partial charge in [-0.05, 0) is 48.9 Å². The van der Waals surface area contributed by atoms with Crippen LogP contribution >= 0.6 is 11.6 Å². The van der Waals surface area contributed by atoms with E-state index >= 15 is 0 Å². The molecule has 1 nitrogen and oxygen atoms in total. The summed E-state index contributed by atoms with van der Waals surface area (Å²) >= 11 is 5.81. The lowest BCUT2D eigenvalue weighted by Gasteiger charge is -2.01. The summed E-state index contributed by atoms with van der Waals surface area (Å²) in [6.07, 6.45) is 0. The predicted octanol–water partition coefficient (Wildman–Crippen LogP) is 4.62. The molecular weight excluding hydrogens is 237 g/mol. The summed E-state index contributed by atoms with van der Waals surface area (Å²) in [5, 5.41) is 0.698. The minimum atomic E-state index is -0.256. The zero-order valence-corrected chi connectivity index (χ0v) is 10.1. The molecule has 0 saturated heterocycles. The van der Waals surface area contributed by atoms with Crippen LogP contribution in [0.25, 0.3) is 0 Å². The van der Waals surface area contributed by atoms with Crippen LogP contribution in [0.3, 0.4) is 0 Å². The fraction of sp³-hybridized carbons (Fsp3) is 0.0714. The summed E-state index contributed by atoms with van der Waals surface area (Å²) in [5.74, 6) is -0.256. The van der Waals surface area contributed by atoms with Gasteiger partial charge in [-0.1, -0.05) is 23.7 Å². The van der Waals surface area contributed by atoms with Crippen LogP contribution in [0.5, 0.6) is 0 Å².